The fourth-order valence-electron chi connectivity index (χ4n) is 3.03. The molecule has 0 saturated heterocycles. The number of fused-ring (bicyclic) bond motifs is 1. The van der Waals surface area contributed by atoms with Crippen molar-refractivity contribution in [1.29, 1.82) is 0 Å². The maximum Gasteiger partial charge on any atom is 0.262 e. The summed E-state index contributed by atoms with van der Waals surface area (Å²) in [6.45, 7) is 2.44. The third-order valence-electron chi connectivity index (χ3n) is 4.70. The van der Waals surface area contributed by atoms with Crippen molar-refractivity contribution in [3.05, 3.63) is 99.7 Å². The molecule has 2 amide bonds. The Morgan fingerprint density at radius 1 is 1.10 bits per heavy atom. The molecular formula is C24H19FN2O2S. The van der Waals surface area contributed by atoms with Gasteiger partial charge in [-0.2, -0.15) is 0 Å². The first-order valence-electron chi connectivity index (χ1n) is 9.43. The molecule has 4 nitrogen and oxygen atoms in total. The smallest absolute Gasteiger partial charge is 0.262 e. The number of amides is 2. The van der Waals surface area contributed by atoms with E-state index in [-0.39, 0.29) is 17.6 Å². The normalized spacial score (nSPS) is 14.2. The Bertz CT molecular complexity index is 1160. The molecule has 0 aromatic heterocycles. The van der Waals surface area contributed by atoms with Gasteiger partial charge in [-0.15, -0.1) is 0 Å². The molecule has 3 aromatic rings. The molecule has 150 valence electrons. The predicted molar refractivity (Wildman–Crippen MR) is 118 cm³/mol. The Morgan fingerprint density at radius 2 is 1.87 bits per heavy atom. The molecule has 1 aliphatic rings. The van der Waals surface area contributed by atoms with E-state index < -0.39 is 0 Å². The van der Waals surface area contributed by atoms with Gasteiger partial charge in [0.05, 0.1) is 10.6 Å². The Hall–Kier alpha value is -3.38. The Labute approximate surface area is 178 Å². The van der Waals surface area contributed by atoms with E-state index in [2.05, 4.69) is 10.6 Å². The van der Waals surface area contributed by atoms with Crippen molar-refractivity contribution in [3.63, 3.8) is 0 Å². The molecule has 2 N–H and O–H groups in total. The molecule has 4 rings (SSSR count). The van der Waals surface area contributed by atoms with Crippen LogP contribution in [0.25, 0.3) is 6.08 Å². The Balaban J connectivity index is 1.49. The van der Waals surface area contributed by atoms with Crippen molar-refractivity contribution < 1.29 is 14.0 Å². The number of halogens is 1. The van der Waals surface area contributed by atoms with Gasteiger partial charge in [-0.25, -0.2) is 4.39 Å². The number of rotatable bonds is 4. The number of aryl methyl sites for hydroxylation is 1. The second kappa shape index (κ2) is 8.55. The van der Waals surface area contributed by atoms with Crippen LogP contribution in [0, 0.1) is 12.7 Å². The van der Waals surface area contributed by atoms with Crippen LogP contribution in [0.5, 0.6) is 0 Å². The van der Waals surface area contributed by atoms with E-state index in [1.807, 2.05) is 31.2 Å². The minimum Gasteiger partial charge on any atom is -0.348 e. The third kappa shape index (κ3) is 4.44. The highest BCUT2D eigenvalue weighted by Gasteiger charge is 2.22. The molecule has 30 heavy (non-hydrogen) atoms. The number of anilines is 1. The molecule has 0 fully saturated rings. The zero-order valence-electron chi connectivity index (χ0n) is 16.2. The number of hydrogen-bond donors (Lipinski definition) is 2. The molecule has 0 spiro atoms. The van der Waals surface area contributed by atoms with Gasteiger partial charge in [-0.3, -0.25) is 9.59 Å². The summed E-state index contributed by atoms with van der Waals surface area (Å²) < 4.78 is 13.9. The predicted octanol–water partition coefficient (Wildman–Crippen LogP) is 5.15. The van der Waals surface area contributed by atoms with E-state index >= 15 is 0 Å². The first-order valence-corrected chi connectivity index (χ1v) is 10.2. The second-order valence-electron chi connectivity index (χ2n) is 6.97. The van der Waals surface area contributed by atoms with Crippen molar-refractivity contribution >= 4 is 35.3 Å². The zero-order chi connectivity index (χ0) is 21.1. The summed E-state index contributed by atoms with van der Waals surface area (Å²) in [5, 5.41) is 5.68. The largest absolute Gasteiger partial charge is 0.348 e. The average Bonchev–Trinajstić information content (AvgIpc) is 2.75. The molecule has 0 aliphatic carbocycles. The van der Waals surface area contributed by atoms with Gasteiger partial charge in [0.15, 0.2) is 0 Å². The van der Waals surface area contributed by atoms with Crippen LogP contribution in [-0.4, -0.2) is 11.8 Å². The van der Waals surface area contributed by atoms with Crippen molar-refractivity contribution in [1.82, 2.24) is 5.32 Å². The number of benzene rings is 3. The van der Waals surface area contributed by atoms with Gasteiger partial charge < -0.3 is 10.6 Å². The van der Waals surface area contributed by atoms with Crippen LogP contribution < -0.4 is 10.6 Å². The molecule has 0 saturated carbocycles. The standard InChI is InChI=1S/C24H19FN2O2S/c1-15-6-8-16(9-7-15)14-26-23(28)18-10-11-21-20(12-18)27-24(29)22(30-21)13-17-4-2-3-5-19(17)25/h2-13H,14H2,1H3,(H,26,28)(H,27,29). The van der Waals surface area contributed by atoms with Gasteiger partial charge in [-0.1, -0.05) is 59.8 Å². The van der Waals surface area contributed by atoms with E-state index in [0.717, 1.165) is 16.0 Å². The van der Waals surface area contributed by atoms with Gasteiger partial charge in [-0.05, 0) is 42.8 Å². The summed E-state index contributed by atoms with van der Waals surface area (Å²) in [5.41, 5.74) is 3.56. The molecular weight excluding hydrogens is 399 g/mol. The average molecular weight is 418 g/mol. The van der Waals surface area contributed by atoms with Crippen molar-refractivity contribution in [3.8, 4) is 0 Å². The summed E-state index contributed by atoms with van der Waals surface area (Å²) in [4.78, 5) is 26.2. The van der Waals surface area contributed by atoms with Gasteiger partial charge in [0, 0.05) is 22.6 Å². The van der Waals surface area contributed by atoms with E-state index in [4.69, 9.17) is 0 Å². The highest BCUT2D eigenvalue weighted by Crippen LogP contribution is 2.39. The quantitative estimate of drug-likeness (QED) is 0.576. The second-order valence-corrected chi connectivity index (χ2v) is 8.05. The number of carbonyl (C=O) groups is 2. The first kappa shape index (κ1) is 19.9. The van der Waals surface area contributed by atoms with E-state index in [9.17, 15) is 14.0 Å². The molecule has 0 atom stereocenters. The van der Waals surface area contributed by atoms with Crippen LogP contribution in [0.1, 0.15) is 27.0 Å². The monoisotopic (exact) mass is 418 g/mol. The summed E-state index contributed by atoms with van der Waals surface area (Å²) in [5.74, 6) is -0.928. The van der Waals surface area contributed by atoms with Crippen LogP contribution in [0.3, 0.4) is 0 Å². The summed E-state index contributed by atoms with van der Waals surface area (Å²) in [6, 6.07) is 19.4. The SMILES string of the molecule is Cc1ccc(CNC(=O)c2ccc3c(c2)NC(=O)C(=Cc2ccccc2F)S3)cc1. The highest BCUT2D eigenvalue weighted by atomic mass is 32.2. The summed E-state index contributed by atoms with van der Waals surface area (Å²) >= 11 is 1.25. The maximum absolute atomic E-state index is 13.9. The number of hydrogen-bond acceptors (Lipinski definition) is 3. The van der Waals surface area contributed by atoms with Gasteiger partial charge in [0.25, 0.3) is 11.8 Å². The van der Waals surface area contributed by atoms with Gasteiger partial charge >= 0.3 is 0 Å². The third-order valence-corrected chi connectivity index (χ3v) is 5.80. The van der Waals surface area contributed by atoms with Crippen molar-refractivity contribution in [2.45, 2.75) is 18.4 Å². The minimum atomic E-state index is -0.384. The fourth-order valence-corrected chi connectivity index (χ4v) is 3.95. The lowest BCUT2D eigenvalue weighted by atomic mass is 10.1. The lowest BCUT2D eigenvalue weighted by Crippen LogP contribution is -2.23. The van der Waals surface area contributed by atoms with Gasteiger partial charge in [0.2, 0.25) is 0 Å². The first-order chi connectivity index (χ1) is 14.5. The molecule has 0 unspecified atom stereocenters. The van der Waals surface area contributed by atoms with Crippen LogP contribution in [0.4, 0.5) is 10.1 Å². The van der Waals surface area contributed by atoms with Gasteiger partial charge in [0.1, 0.15) is 5.82 Å². The molecule has 1 heterocycles. The molecule has 0 radical (unpaired) electrons. The van der Waals surface area contributed by atoms with Crippen LogP contribution in [0.15, 0.2) is 76.5 Å². The summed E-state index contributed by atoms with van der Waals surface area (Å²) in [6.07, 6.45) is 1.53. The highest BCUT2D eigenvalue weighted by molar-refractivity contribution is 8.04. The maximum atomic E-state index is 13.9. The lowest BCUT2D eigenvalue weighted by Gasteiger charge is -2.19. The topological polar surface area (TPSA) is 58.2 Å². The zero-order valence-corrected chi connectivity index (χ0v) is 17.1. The van der Waals surface area contributed by atoms with E-state index in [0.29, 0.717) is 28.3 Å². The number of carbonyl (C=O) groups excluding carboxylic acids is 2. The molecule has 3 aromatic carbocycles. The van der Waals surface area contributed by atoms with E-state index in [1.54, 1.807) is 36.4 Å². The van der Waals surface area contributed by atoms with Crippen LogP contribution in [0.2, 0.25) is 0 Å². The number of thioether (sulfide) groups is 1. The van der Waals surface area contributed by atoms with E-state index in [1.165, 1.54) is 23.9 Å². The van der Waals surface area contributed by atoms with Crippen molar-refractivity contribution in [2.75, 3.05) is 5.32 Å². The Morgan fingerprint density at radius 3 is 2.63 bits per heavy atom. The van der Waals surface area contributed by atoms with Crippen LogP contribution >= 0.6 is 11.8 Å². The molecule has 0 bridgehead atoms. The summed E-state index contributed by atoms with van der Waals surface area (Å²) in [7, 11) is 0. The van der Waals surface area contributed by atoms with Crippen molar-refractivity contribution in [2.24, 2.45) is 0 Å². The minimum absolute atomic E-state index is 0.217. The number of nitrogens with one attached hydrogen (secondary N) is 2. The van der Waals surface area contributed by atoms with Crippen LogP contribution in [-0.2, 0) is 11.3 Å². The lowest BCUT2D eigenvalue weighted by molar-refractivity contribution is -0.112. The molecule has 1 aliphatic heterocycles. The Kier molecular flexibility index (Phi) is 5.68. The molecule has 6 heteroatoms. The fraction of sp³-hybridized carbons (Fsp3) is 0.0833.